The molecule has 21 heavy (non-hydrogen) atoms. The minimum absolute atomic E-state index is 0.275. The zero-order chi connectivity index (χ0) is 15.2. The highest BCUT2D eigenvalue weighted by atomic mass is 35.5. The summed E-state index contributed by atoms with van der Waals surface area (Å²) in [6, 6.07) is 12.9. The summed E-state index contributed by atoms with van der Waals surface area (Å²) in [7, 11) is 0. The van der Waals surface area contributed by atoms with Gasteiger partial charge in [-0.15, -0.1) is 0 Å². The van der Waals surface area contributed by atoms with E-state index in [1.807, 2.05) is 44.2 Å². The lowest BCUT2D eigenvalue weighted by Crippen LogP contribution is -2.23. The van der Waals surface area contributed by atoms with Crippen molar-refractivity contribution in [1.82, 2.24) is 5.32 Å². The molecule has 4 heteroatoms. The number of urea groups is 1. The highest BCUT2D eigenvalue weighted by molar-refractivity contribution is 6.30. The Kier molecular flexibility index (Phi) is 5.01. The number of nitrogens with one attached hydrogen (secondary N) is 2. The molecular weight excluding hydrogens is 284 g/mol. The van der Waals surface area contributed by atoms with E-state index < -0.39 is 0 Å². The highest BCUT2D eigenvalue weighted by Crippen LogP contribution is 2.14. The van der Waals surface area contributed by atoms with Crippen molar-refractivity contribution < 1.29 is 4.79 Å². The first-order chi connectivity index (χ1) is 10.0. The van der Waals surface area contributed by atoms with Crippen LogP contribution in [-0.2, 0) is 0 Å². The van der Waals surface area contributed by atoms with E-state index in [0.717, 1.165) is 16.8 Å². The number of halogens is 1. The van der Waals surface area contributed by atoms with Crippen molar-refractivity contribution in [2.45, 2.75) is 13.8 Å². The maximum atomic E-state index is 11.8. The molecule has 0 saturated heterocycles. The fraction of sp³-hybridized carbons (Fsp3) is 0.118. The van der Waals surface area contributed by atoms with Crippen LogP contribution in [0.4, 0.5) is 10.5 Å². The number of carbonyl (C=O) groups excluding carboxylic acids is 1. The Hall–Kier alpha value is -2.26. The van der Waals surface area contributed by atoms with Crippen LogP contribution in [0.2, 0.25) is 5.02 Å². The van der Waals surface area contributed by atoms with E-state index in [0.29, 0.717) is 5.02 Å². The van der Waals surface area contributed by atoms with E-state index in [4.69, 9.17) is 11.6 Å². The molecule has 0 aliphatic rings. The molecule has 0 atom stereocenters. The molecule has 0 heterocycles. The minimum Gasteiger partial charge on any atom is -0.314 e. The van der Waals surface area contributed by atoms with Gasteiger partial charge in [0.1, 0.15) is 0 Å². The lowest BCUT2D eigenvalue weighted by Gasteiger charge is -2.07. The van der Waals surface area contributed by atoms with Crippen LogP contribution in [0.5, 0.6) is 0 Å². The molecule has 2 aromatic carbocycles. The Labute approximate surface area is 129 Å². The molecule has 2 amide bonds. The van der Waals surface area contributed by atoms with Crippen molar-refractivity contribution in [2.75, 3.05) is 5.32 Å². The number of hydrogen-bond acceptors (Lipinski definition) is 1. The molecule has 0 unspecified atom stereocenters. The molecule has 3 nitrogen and oxygen atoms in total. The van der Waals surface area contributed by atoms with E-state index in [1.165, 1.54) is 5.56 Å². The summed E-state index contributed by atoms with van der Waals surface area (Å²) >= 11 is 5.81. The summed E-state index contributed by atoms with van der Waals surface area (Å²) in [5.41, 5.74) is 4.08. The van der Waals surface area contributed by atoms with Gasteiger partial charge in [0, 0.05) is 16.9 Å². The van der Waals surface area contributed by atoms with Crippen LogP contribution in [0.25, 0.3) is 6.08 Å². The third-order valence-corrected chi connectivity index (χ3v) is 3.38. The second-order valence-electron chi connectivity index (χ2n) is 4.78. The van der Waals surface area contributed by atoms with E-state index in [-0.39, 0.29) is 6.03 Å². The molecule has 2 rings (SSSR count). The predicted molar refractivity (Wildman–Crippen MR) is 88.6 cm³/mol. The number of benzene rings is 2. The van der Waals surface area contributed by atoms with Crippen LogP contribution in [-0.4, -0.2) is 6.03 Å². The van der Waals surface area contributed by atoms with Crippen LogP contribution < -0.4 is 10.6 Å². The third kappa shape index (κ3) is 4.65. The van der Waals surface area contributed by atoms with E-state index in [9.17, 15) is 4.79 Å². The topological polar surface area (TPSA) is 41.1 Å². The largest absolute Gasteiger partial charge is 0.323 e. The molecule has 0 aliphatic heterocycles. The molecule has 0 saturated carbocycles. The van der Waals surface area contributed by atoms with Crippen LogP contribution in [0.15, 0.2) is 48.7 Å². The van der Waals surface area contributed by atoms with E-state index >= 15 is 0 Å². The molecular formula is C17H17ClN2O. The molecule has 2 N–H and O–H groups in total. The van der Waals surface area contributed by atoms with Crippen molar-refractivity contribution in [1.29, 1.82) is 0 Å². The van der Waals surface area contributed by atoms with Crippen LogP contribution in [0.3, 0.4) is 0 Å². The summed E-state index contributed by atoms with van der Waals surface area (Å²) in [4.78, 5) is 11.8. The highest BCUT2D eigenvalue weighted by Gasteiger charge is 2.00. The normalized spacial score (nSPS) is 10.6. The SMILES string of the molecule is Cc1ccc(NC(=O)N/C=C/c2ccc(Cl)cc2)cc1C. The quantitative estimate of drug-likeness (QED) is 0.844. The summed E-state index contributed by atoms with van der Waals surface area (Å²) < 4.78 is 0. The summed E-state index contributed by atoms with van der Waals surface area (Å²) in [6.07, 6.45) is 3.40. The number of rotatable bonds is 3. The average molecular weight is 301 g/mol. The maximum Gasteiger partial charge on any atom is 0.323 e. The molecule has 0 radical (unpaired) electrons. The lowest BCUT2D eigenvalue weighted by atomic mass is 10.1. The van der Waals surface area contributed by atoms with Gasteiger partial charge in [-0.25, -0.2) is 4.79 Å². The van der Waals surface area contributed by atoms with Crippen LogP contribution >= 0.6 is 11.6 Å². The molecule has 108 valence electrons. The van der Waals surface area contributed by atoms with Crippen molar-refractivity contribution >= 4 is 29.4 Å². The van der Waals surface area contributed by atoms with Gasteiger partial charge >= 0.3 is 6.03 Å². The van der Waals surface area contributed by atoms with Crippen molar-refractivity contribution in [3.05, 3.63) is 70.4 Å². The summed E-state index contributed by atoms with van der Waals surface area (Å²) in [5.74, 6) is 0. The van der Waals surface area contributed by atoms with Gasteiger partial charge in [0.15, 0.2) is 0 Å². The smallest absolute Gasteiger partial charge is 0.314 e. The van der Waals surface area contributed by atoms with Crippen molar-refractivity contribution in [3.8, 4) is 0 Å². The van der Waals surface area contributed by atoms with Gasteiger partial charge in [0.25, 0.3) is 0 Å². The summed E-state index contributed by atoms with van der Waals surface area (Å²) in [5, 5.41) is 6.14. The van der Waals surface area contributed by atoms with Gasteiger partial charge in [-0.3, -0.25) is 0 Å². The van der Waals surface area contributed by atoms with Crippen LogP contribution in [0.1, 0.15) is 16.7 Å². The van der Waals surface area contributed by atoms with E-state index in [2.05, 4.69) is 10.6 Å². The number of aryl methyl sites for hydroxylation is 2. The minimum atomic E-state index is -0.275. The Morgan fingerprint density at radius 1 is 1.05 bits per heavy atom. The molecule has 0 aliphatic carbocycles. The van der Waals surface area contributed by atoms with Gasteiger partial charge in [0.2, 0.25) is 0 Å². The number of amides is 2. The monoisotopic (exact) mass is 300 g/mol. The standard InChI is InChI=1S/C17H17ClN2O/c1-12-3-8-16(11-13(12)2)20-17(21)19-10-9-14-4-6-15(18)7-5-14/h3-11H,1-2H3,(H2,19,20,21)/b10-9+. The van der Waals surface area contributed by atoms with Crippen molar-refractivity contribution in [3.63, 3.8) is 0 Å². The van der Waals surface area contributed by atoms with Gasteiger partial charge in [-0.05, 0) is 60.9 Å². The number of carbonyl (C=O) groups is 1. The van der Waals surface area contributed by atoms with Gasteiger partial charge in [0.05, 0.1) is 0 Å². The van der Waals surface area contributed by atoms with Gasteiger partial charge in [-0.2, -0.15) is 0 Å². The second kappa shape index (κ2) is 6.95. The Balaban J connectivity index is 1.89. The molecule has 0 aromatic heterocycles. The first-order valence-corrected chi connectivity index (χ1v) is 6.99. The van der Waals surface area contributed by atoms with Crippen LogP contribution in [0, 0.1) is 13.8 Å². The third-order valence-electron chi connectivity index (χ3n) is 3.12. The van der Waals surface area contributed by atoms with Gasteiger partial charge in [-0.1, -0.05) is 29.8 Å². The molecule has 0 spiro atoms. The lowest BCUT2D eigenvalue weighted by molar-refractivity contribution is 0.255. The summed E-state index contributed by atoms with van der Waals surface area (Å²) in [6.45, 7) is 4.05. The fourth-order valence-electron chi connectivity index (χ4n) is 1.77. The zero-order valence-corrected chi connectivity index (χ0v) is 12.7. The first kappa shape index (κ1) is 15.1. The Bertz CT molecular complexity index is 663. The average Bonchev–Trinajstić information content (AvgIpc) is 2.45. The predicted octanol–water partition coefficient (Wildman–Crippen LogP) is 4.75. The zero-order valence-electron chi connectivity index (χ0n) is 12.0. The molecule has 2 aromatic rings. The first-order valence-electron chi connectivity index (χ1n) is 6.61. The fourth-order valence-corrected chi connectivity index (χ4v) is 1.90. The molecule has 0 bridgehead atoms. The number of anilines is 1. The van der Waals surface area contributed by atoms with Gasteiger partial charge < -0.3 is 10.6 Å². The van der Waals surface area contributed by atoms with Crippen molar-refractivity contribution in [2.24, 2.45) is 0 Å². The maximum absolute atomic E-state index is 11.8. The molecule has 0 fully saturated rings. The number of hydrogen-bond donors (Lipinski definition) is 2. The second-order valence-corrected chi connectivity index (χ2v) is 5.22. The Morgan fingerprint density at radius 3 is 2.43 bits per heavy atom. The Morgan fingerprint density at radius 2 is 1.76 bits per heavy atom. The van der Waals surface area contributed by atoms with E-state index in [1.54, 1.807) is 24.4 Å².